The molecule has 3 atom stereocenters. The molecule has 0 radical (unpaired) electrons. The van der Waals surface area contributed by atoms with Gasteiger partial charge in [-0.2, -0.15) is 0 Å². The summed E-state index contributed by atoms with van der Waals surface area (Å²) in [6, 6.07) is 0. The molecular weight excluding hydrogens is 164 g/mol. The second-order valence-electron chi connectivity index (χ2n) is 4.50. The molecule has 0 aromatic carbocycles. The monoisotopic (exact) mass is 184 g/mol. The average Bonchev–Trinajstić information content (AvgIpc) is 2.71. The highest BCUT2D eigenvalue weighted by atomic mass is 16.5. The van der Waals surface area contributed by atoms with Gasteiger partial charge in [0, 0.05) is 26.3 Å². The highest BCUT2D eigenvalue weighted by molar-refractivity contribution is 4.88. The summed E-state index contributed by atoms with van der Waals surface area (Å²) in [4.78, 5) is 2.40. The quantitative estimate of drug-likeness (QED) is 0.664. The van der Waals surface area contributed by atoms with E-state index in [2.05, 4.69) is 11.9 Å². The lowest BCUT2D eigenvalue weighted by atomic mass is 9.83. The number of likely N-dealkylation sites (tertiary alicyclic amines) is 1. The van der Waals surface area contributed by atoms with Gasteiger partial charge in [-0.05, 0) is 37.8 Å². The first-order valence-corrected chi connectivity index (χ1v) is 5.27. The second kappa shape index (κ2) is 3.95. The molecule has 76 valence electrons. The van der Waals surface area contributed by atoms with Crippen molar-refractivity contribution in [3.63, 3.8) is 0 Å². The van der Waals surface area contributed by atoms with Gasteiger partial charge in [0.25, 0.3) is 0 Å². The van der Waals surface area contributed by atoms with Crippen molar-refractivity contribution in [3.05, 3.63) is 0 Å². The van der Waals surface area contributed by atoms with Crippen molar-refractivity contribution in [3.8, 4) is 0 Å². The largest absolute Gasteiger partial charge is 0.381 e. The third-order valence-electron chi connectivity index (χ3n) is 3.55. The summed E-state index contributed by atoms with van der Waals surface area (Å²) in [5.74, 6) is 2.27. The third-order valence-corrected chi connectivity index (χ3v) is 3.55. The van der Waals surface area contributed by atoms with E-state index in [4.69, 9.17) is 10.5 Å². The molecule has 0 amide bonds. The molecule has 2 heterocycles. The summed E-state index contributed by atoms with van der Waals surface area (Å²) in [5, 5.41) is 0. The fourth-order valence-corrected chi connectivity index (χ4v) is 2.79. The van der Waals surface area contributed by atoms with Crippen molar-refractivity contribution in [2.24, 2.45) is 23.5 Å². The van der Waals surface area contributed by atoms with Crippen LogP contribution in [0.2, 0.25) is 0 Å². The first kappa shape index (κ1) is 9.44. The zero-order chi connectivity index (χ0) is 9.26. The van der Waals surface area contributed by atoms with Crippen LogP contribution < -0.4 is 5.73 Å². The molecule has 2 aliphatic rings. The molecule has 3 heteroatoms. The van der Waals surface area contributed by atoms with Gasteiger partial charge in [0.05, 0.1) is 0 Å². The molecule has 0 aliphatic carbocycles. The van der Waals surface area contributed by atoms with Crippen molar-refractivity contribution in [2.75, 3.05) is 39.9 Å². The summed E-state index contributed by atoms with van der Waals surface area (Å²) in [5.41, 5.74) is 5.79. The maximum Gasteiger partial charge on any atom is 0.0498 e. The molecule has 3 unspecified atom stereocenters. The van der Waals surface area contributed by atoms with Crippen molar-refractivity contribution in [1.82, 2.24) is 4.90 Å². The Balaban J connectivity index is 1.96. The van der Waals surface area contributed by atoms with Crippen LogP contribution in [0, 0.1) is 17.8 Å². The van der Waals surface area contributed by atoms with Crippen LogP contribution in [0.4, 0.5) is 0 Å². The topological polar surface area (TPSA) is 38.5 Å². The van der Waals surface area contributed by atoms with E-state index < -0.39 is 0 Å². The van der Waals surface area contributed by atoms with Gasteiger partial charge in [0.2, 0.25) is 0 Å². The fraction of sp³-hybridized carbons (Fsp3) is 1.00. The Morgan fingerprint density at radius 2 is 2.31 bits per heavy atom. The normalized spacial score (nSPS) is 41.5. The minimum atomic E-state index is 0.705. The Labute approximate surface area is 80.2 Å². The van der Waals surface area contributed by atoms with Crippen LogP contribution in [0.25, 0.3) is 0 Å². The number of hydrogen-bond acceptors (Lipinski definition) is 3. The molecule has 2 aliphatic heterocycles. The molecule has 0 saturated carbocycles. The Hall–Kier alpha value is -0.120. The summed E-state index contributed by atoms with van der Waals surface area (Å²) in [7, 11) is 2.19. The number of rotatable bonds is 2. The van der Waals surface area contributed by atoms with Crippen molar-refractivity contribution < 1.29 is 4.74 Å². The summed E-state index contributed by atoms with van der Waals surface area (Å²) in [6.45, 7) is 5.16. The molecule has 2 saturated heterocycles. The highest BCUT2D eigenvalue weighted by Gasteiger charge is 2.36. The minimum absolute atomic E-state index is 0.705. The predicted octanol–water partition coefficient (Wildman–Crippen LogP) is 0.159. The van der Waals surface area contributed by atoms with Crippen LogP contribution in [0.15, 0.2) is 0 Å². The number of hydrogen-bond donors (Lipinski definition) is 1. The molecule has 0 bridgehead atoms. The Morgan fingerprint density at radius 3 is 2.92 bits per heavy atom. The summed E-state index contributed by atoms with van der Waals surface area (Å²) in [6.07, 6.45) is 1.25. The van der Waals surface area contributed by atoms with Gasteiger partial charge in [0.15, 0.2) is 0 Å². The van der Waals surface area contributed by atoms with Gasteiger partial charge in [-0.15, -0.1) is 0 Å². The zero-order valence-electron chi connectivity index (χ0n) is 8.41. The molecule has 2 fully saturated rings. The highest BCUT2D eigenvalue weighted by Crippen LogP contribution is 2.32. The molecule has 2 N–H and O–H groups in total. The lowest BCUT2D eigenvalue weighted by molar-refractivity contribution is 0.165. The fourth-order valence-electron chi connectivity index (χ4n) is 2.79. The number of ether oxygens (including phenoxy) is 1. The van der Waals surface area contributed by atoms with Crippen LogP contribution in [0.1, 0.15) is 6.42 Å². The maximum absolute atomic E-state index is 5.79. The smallest absolute Gasteiger partial charge is 0.0498 e. The van der Waals surface area contributed by atoms with E-state index in [9.17, 15) is 0 Å². The van der Waals surface area contributed by atoms with Gasteiger partial charge in [-0.3, -0.25) is 0 Å². The summed E-state index contributed by atoms with van der Waals surface area (Å²) >= 11 is 0. The maximum atomic E-state index is 5.79. The van der Waals surface area contributed by atoms with E-state index in [1.54, 1.807) is 0 Å². The molecule has 2 rings (SSSR count). The first-order valence-electron chi connectivity index (χ1n) is 5.27. The van der Waals surface area contributed by atoms with E-state index in [0.717, 1.165) is 31.6 Å². The van der Waals surface area contributed by atoms with Crippen molar-refractivity contribution in [2.45, 2.75) is 6.42 Å². The molecule has 13 heavy (non-hydrogen) atoms. The number of nitrogens with zero attached hydrogens (tertiary/aromatic N) is 1. The Bertz CT molecular complexity index is 166. The van der Waals surface area contributed by atoms with Gasteiger partial charge in [-0.25, -0.2) is 0 Å². The Kier molecular flexibility index (Phi) is 2.86. The van der Waals surface area contributed by atoms with Crippen LogP contribution in [0.5, 0.6) is 0 Å². The predicted molar refractivity (Wildman–Crippen MR) is 52.5 cm³/mol. The van der Waals surface area contributed by atoms with Gasteiger partial charge in [-0.1, -0.05) is 0 Å². The van der Waals surface area contributed by atoms with Gasteiger partial charge >= 0.3 is 0 Å². The van der Waals surface area contributed by atoms with Crippen LogP contribution >= 0.6 is 0 Å². The zero-order valence-corrected chi connectivity index (χ0v) is 8.41. The molecule has 0 aromatic heterocycles. The van der Waals surface area contributed by atoms with E-state index in [-0.39, 0.29) is 0 Å². The van der Waals surface area contributed by atoms with Crippen LogP contribution in [-0.2, 0) is 4.74 Å². The molecular formula is C10H20N2O. The molecule has 0 spiro atoms. The molecule has 0 aromatic rings. The van der Waals surface area contributed by atoms with E-state index in [0.29, 0.717) is 5.92 Å². The molecule has 3 nitrogen and oxygen atoms in total. The minimum Gasteiger partial charge on any atom is -0.381 e. The van der Waals surface area contributed by atoms with Crippen LogP contribution in [-0.4, -0.2) is 44.8 Å². The standard InChI is InChI=1S/C10H20N2O/c1-12-5-9(4-11)10(6-12)8-2-3-13-7-8/h8-10H,2-7,11H2,1H3. The van der Waals surface area contributed by atoms with Crippen molar-refractivity contribution >= 4 is 0 Å². The lowest BCUT2D eigenvalue weighted by Crippen LogP contribution is -2.28. The van der Waals surface area contributed by atoms with E-state index in [1.807, 2.05) is 0 Å². The van der Waals surface area contributed by atoms with E-state index in [1.165, 1.54) is 19.5 Å². The third kappa shape index (κ3) is 1.87. The Morgan fingerprint density at radius 1 is 1.46 bits per heavy atom. The SMILES string of the molecule is CN1CC(CN)C(C2CCOC2)C1. The van der Waals surface area contributed by atoms with Crippen LogP contribution in [0.3, 0.4) is 0 Å². The van der Waals surface area contributed by atoms with Gasteiger partial charge in [0.1, 0.15) is 0 Å². The van der Waals surface area contributed by atoms with Crippen molar-refractivity contribution in [1.29, 1.82) is 0 Å². The first-order chi connectivity index (χ1) is 6.31. The average molecular weight is 184 g/mol. The van der Waals surface area contributed by atoms with Gasteiger partial charge < -0.3 is 15.4 Å². The summed E-state index contributed by atoms with van der Waals surface area (Å²) < 4.78 is 5.44. The lowest BCUT2D eigenvalue weighted by Gasteiger charge is -2.21. The van der Waals surface area contributed by atoms with E-state index >= 15 is 0 Å². The second-order valence-corrected chi connectivity index (χ2v) is 4.50. The number of nitrogens with two attached hydrogens (primary N) is 1.